The quantitative estimate of drug-likeness (QED) is 0.450. The fourth-order valence-electron chi connectivity index (χ4n) is 1.07. The number of carbonyl (C=O) groups excluding carboxylic acids is 1. The smallest absolute Gasteiger partial charge is 0.320 e. The summed E-state index contributed by atoms with van der Waals surface area (Å²) in [5.41, 5.74) is 0. The Kier molecular flexibility index (Phi) is 6.64. The molecule has 2 atom stereocenters. The molecule has 0 aliphatic carbocycles. The number of aliphatic carboxylic acids is 1. The van der Waals surface area contributed by atoms with Crippen molar-refractivity contribution in [2.24, 2.45) is 5.92 Å². The Balaban J connectivity index is 4.27. The molecule has 6 nitrogen and oxygen atoms in total. The summed E-state index contributed by atoms with van der Waals surface area (Å²) in [7, 11) is 1.38. The van der Waals surface area contributed by atoms with Crippen LogP contribution in [-0.2, 0) is 19.1 Å². The SMILES string of the molecule is CCOC(=O)C(CC(O)COC)C(=O)O. The van der Waals surface area contributed by atoms with Crippen molar-refractivity contribution in [3.05, 3.63) is 0 Å². The Morgan fingerprint density at radius 1 is 1.40 bits per heavy atom. The van der Waals surface area contributed by atoms with E-state index in [1.165, 1.54) is 7.11 Å². The Morgan fingerprint density at radius 3 is 2.40 bits per heavy atom. The first-order chi connectivity index (χ1) is 7.02. The minimum absolute atomic E-state index is 0.0107. The summed E-state index contributed by atoms with van der Waals surface area (Å²) in [5, 5.41) is 18.0. The summed E-state index contributed by atoms with van der Waals surface area (Å²) in [5.74, 6) is -3.47. The molecule has 15 heavy (non-hydrogen) atoms. The van der Waals surface area contributed by atoms with Crippen LogP contribution in [0.2, 0.25) is 0 Å². The van der Waals surface area contributed by atoms with Crippen LogP contribution in [0.25, 0.3) is 0 Å². The molecule has 0 rings (SSSR count). The van der Waals surface area contributed by atoms with E-state index in [2.05, 4.69) is 9.47 Å². The van der Waals surface area contributed by atoms with Gasteiger partial charge in [0.05, 0.1) is 19.3 Å². The first-order valence-corrected chi connectivity index (χ1v) is 4.59. The van der Waals surface area contributed by atoms with Crippen molar-refractivity contribution >= 4 is 11.9 Å². The lowest BCUT2D eigenvalue weighted by molar-refractivity contribution is -0.160. The molecule has 0 aromatic heterocycles. The molecule has 0 bridgehead atoms. The predicted octanol–water partition coefficient (Wildman–Crippen LogP) is -0.352. The van der Waals surface area contributed by atoms with Crippen LogP contribution in [0.15, 0.2) is 0 Å². The standard InChI is InChI=1S/C9H16O6/c1-3-15-9(13)7(8(11)12)4-6(10)5-14-2/h6-7,10H,3-5H2,1-2H3,(H,11,12). The lowest BCUT2D eigenvalue weighted by Gasteiger charge is -2.14. The molecule has 0 heterocycles. The van der Waals surface area contributed by atoms with Gasteiger partial charge >= 0.3 is 11.9 Å². The Labute approximate surface area is 87.8 Å². The number of carboxylic acids is 1. The highest BCUT2D eigenvalue weighted by Crippen LogP contribution is 2.10. The number of ether oxygens (including phenoxy) is 2. The molecule has 0 amide bonds. The topological polar surface area (TPSA) is 93.1 Å². The van der Waals surface area contributed by atoms with Gasteiger partial charge in [-0.15, -0.1) is 0 Å². The first kappa shape index (κ1) is 13.9. The summed E-state index contributed by atoms with van der Waals surface area (Å²) in [6.45, 7) is 1.69. The van der Waals surface area contributed by atoms with Crippen LogP contribution in [0.5, 0.6) is 0 Å². The maximum Gasteiger partial charge on any atom is 0.320 e. The fraction of sp³-hybridized carbons (Fsp3) is 0.778. The molecule has 0 fully saturated rings. The maximum atomic E-state index is 11.2. The van der Waals surface area contributed by atoms with Crippen LogP contribution in [0.1, 0.15) is 13.3 Å². The van der Waals surface area contributed by atoms with E-state index in [-0.39, 0.29) is 19.6 Å². The number of carboxylic acid groups (broad SMARTS) is 1. The minimum Gasteiger partial charge on any atom is -0.481 e. The van der Waals surface area contributed by atoms with E-state index in [0.29, 0.717) is 0 Å². The van der Waals surface area contributed by atoms with Gasteiger partial charge in [-0.2, -0.15) is 0 Å². The number of esters is 1. The lowest BCUT2D eigenvalue weighted by atomic mass is 10.0. The third kappa shape index (κ3) is 5.34. The van der Waals surface area contributed by atoms with Gasteiger partial charge in [0.25, 0.3) is 0 Å². The van der Waals surface area contributed by atoms with E-state index < -0.39 is 24.0 Å². The highest BCUT2D eigenvalue weighted by atomic mass is 16.5. The highest BCUT2D eigenvalue weighted by molar-refractivity contribution is 5.93. The van der Waals surface area contributed by atoms with Gasteiger partial charge in [-0.25, -0.2) is 0 Å². The summed E-state index contributed by atoms with van der Waals surface area (Å²) >= 11 is 0. The second kappa shape index (κ2) is 7.19. The van der Waals surface area contributed by atoms with Gasteiger partial charge in [-0.3, -0.25) is 9.59 Å². The molecule has 2 N–H and O–H groups in total. The largest absolute Gasteiger partial charge is 0.481 e. The van der Waals surface area contributed by atoms with E-state index >= 15 is 0 Å². The number of aliphatic hydroxyl groups excluding tert-OH is 1. The number of carbonyl (C=O) groups is 2. The Hall–Kier alpha value is -1.14. The van der Waals surface area contributed by atoms with Crippen molar-refractivity contribution in [2.45, 2.75) is 19.4 Å². The third-order valence-corrected chi connectivity index (χ3v) is 1.74. The lowest BCUT2D eigenvalue weighted by Crippen LogP contribution is -2.31. The van der Waals surface area contributed by atoms with Crippen LogP contribution >= 0.6 is 0 Å². The second-order valence-corrected chi connectivity index (χ2v) is 2.99. The van der Waals surface area contributed by atoms with Gasteiger partial charge in [-0.05, 0) is 13.3 Å². The molecule has 0 spiro atoms. The molecule has 0 aliphatic heterocycles. The highest BCUT2D eigenvalue weighted by Gasteiger charge is 2.30. The molecule has 0 aliphatic rings. The second-order valence-electron chi connectivity index (χ2n) is 2.99. The van der Waals surface area contributed by atoms with Crippen LogP contribution in [-0.4, -0.2) is 48.6 Å². The van der Waals surface area contributed by atoms with Gasteiger partial charge in [-0.1, -0.05) is 0 Å². The minimum atomic E-state index is -1.34. The average Bonchev–Trinajstić information content (AvgIpc) is 2.14. The number of aliphatic hydroxyl groups is 1. The molecule has 6 heteroatoms. The molecule has 0 saturated heterocycles. The molecule has 0 radical (unpaired) electrons. The van der Waals surface area contributed by atoms with Crippen LogP contribution in [0.4, 0.5) is 0 Å². The van der Waals surface area contributed by atoms with E-state index in [1.807, 2.05) is 0 Å². The zero-order chi connectivity index (χ0) is 11.8. The van der Waals surface area contributed by atoms with Crippen LogP contribution < -0.4 is 0 Å². The third-order valence-electron chi connectivity index (χ3n) is 1.74. The summed E-state index contributed by atoms with van der Waals surface area (Å²) in [6, 6.07) is 0. The van der Waals surface area contributed by atoms with Crippen LogP contribution in [0.3, 0.4) is 0 Å². The van der Waals surface area contributed by atoms with Crippen molar-refractivity contribution in [3.8, 4) is 0 Å². The van der Waals surface area contributed by atoms with E-state index in [0.717, 1.165) is 0 Å². The summed E-state index contributed by atoms with van der Waals surface area (Å²) in [6.07, 6.45) is -1.19. The molecule has 0 aromatic carbocycles. The normalized spacial score (nSPS) is 14.3. The number of hydrogen-bond donors (Lipinski definition) is 2. The molecule has 88 valence electrons. The number of rotatable bonds is 7. The van der Waals surface area contributed by atoms with Gasteiger partial charge in [0.15, 0.2) is 5.92 Å². The van der Waals surface area contributed by atoms with Crippen molar-refractivity contribution in [1.29, 1.82) is 0 Å². The molecular weight excluding hydrogens is 204 g/mol. The van der Waals surface area contributed by atoms with E-state index in [9.17, 15) is 14.7 Å². The van der Waals surface area contributed by atoms with Crippen molar-refractivity contribution in [3.63, 3.8) is 0 Å². The van der Waals surface area contributed by atoms with Crippen molar-refractivity contribution < 1.29 is 29.3 Å². The average molecular weight is 220 g/mol. The van der Waals surface area contributed by atoms with Gasteiger partial charge in [0, 0.05) is 7.11 Å². The number of methoxy groups -OCH3 is 1. The molecular formula is C9H16O6. The van der Waals surface area contributed by atoms with Crippen molar-refractivity contribution in [2.75, 3.05) is 20.3 Å². The summed E-state index contributed by atoms with van der Waals surface area (Å²) < 4.78 is 9.20. The van der Waals surface area contributed by atoms with E-state index in [1.54, 1.807) is 6.92 Å². The molecule has 0 saturated carbocycles. The zero-order valence-electron chi connectivity index (χ0n) is 8.80. The Bertz CT molecular complexity index is 215. The zero-order valence-corrected chi connectivity index (χ0v) is 8.80. The van der Waals surface area contributed by atoms with Gasteiger partial charge in [0.2, 0.25) is 0 Å². The first-order valence-electron chi connectivity index (χ1n) is 4.59. The summed E-state index contributed by atoms with van der Waals surface area (Å²) in [4.78, 5) is 21.9. The Morgan fingerprint density at radius 2 is 2.00 bits per heavy atom. The monoisotopic (exact) mass is 220 g/mol. The predicted molar refractivity (Wildman–Crippen MR) is 50.3 cm³/mol. The van der Waals surface area contributed by atoms with Gasteiger partial charge < -0.3 is 19.7 Å². The molecule has 2 unspecified atom stereocenters. The maximum absolute atomic E-state index is 11.2. The number of hydrogen-bond acceptors (Lipinski definition) is 5. The van der Waals surface area contributed by atoms with Crippen LogP contribution in [0, 0.1) is 5.92 Å². The van der Waals surface area contributed by atoms with Crippen molar-refractivity contribution in [1.82, 2.24) is 0 Å². The van der Waals surface area contributed by atoms with E-state index in [4.69, 9.17) is 5.11 Å². The van der Waals surface area contributed by atoms with Gasteiger partial charge in [0.1, 0.15) is 0 Å². The fourth-order valence-corrected chi connectivity index (χ4v) is 1.07. The molecule has 0 aromatic rings.